The minimum atomic E-state index is 0.443. The van der Waals surface area contributed by atoms with E-state index in [0.29, 0.717) is 12.1 Å². The van der Waals surface area contributed by atoms with Gasteiger partial charge in [0.1, 0.15) is 0 Å². The van der Waals surface area contributed by atoms with Crippen molar-refractivity contribution in [1.82, 2.24) is 10.3 Å². The second-order valence-electron chi connectivity index (χ2n) is 5.16. The first-order chi connectivity index (χ1) is 8.69. The lowest BCUT2D eigenvalue weighted by Crippen LogP contribution is -2.34. The van der Waals surface area contributed by atoms with Gasteiger partial charge >= 0.3 is 0 Å². The Kier molecular flexibility index (Phi) is 5.15. The van der Waals surface area contributed by atoms with Crippen LogP contribution >= 0.6 is 11.3 Å². The third kappa shape index (κ3) is 3.77. The van der Waals surface area contributed by atoms with Crippen LogP contribution in [0, 0.1) is 13.8 Å². The molecule has 2 rings (SSSR count). The van der Waals surface area contributed by atoms with E-state index in [-0.39, 0.29) is 0 Å². The van der Waals surface area contributed by atoms with Crippen LogP contribution in [0.5, 0.6) is 0 Å². The predicted octanol–water partition coefficient (Wildman–Crippen LogP) is 2.85. The molecule has 0 bridgehead atoms. The number of nitrogens with one attached hydrogen (secondary N) is 1. The molecule has 1 N–H and O–H groups in total. The molecule has 2 heterocycles. The van der Waals surface area contributed by atoms with Crippen LogP contribution in [0.1, 0.15) is 41.3 Å². The normalized spacial score (nSPS) is 22.1. The zero-order valence-corrected chi connectivity index (χ0v) is 12.5. The third-order valence-corrected chi connectivity index (χ3v) is 4.82. The minimum Gasteiger partial charge on any atom is -0.378 e. The molecule has 2 atom stereocenters. The number of aryl methyl sites for hydroxylation is 2. The minimum absolute atomic E-state index is 0.443. The number of thiazole rings is 1. The van der Waals surface area contributed by atoms with Crippen molar-refractivity contribution in [2.45, 2.75) is 58.1 Å². The molecule has 1 aliphatic heterocycles. The molecule has 0 saturated carbocycles. The summed E-state index contributed by atoms with van der Waals surface area (Å²) in [4.78, 5) is 5.97. The molecular formula is C14H24N2OS. The van der Waals surface area contributed by atoms with Crippen molar-refractivity contribution < 1.29 is 4.74 Å². The molecule has 4 heteroatoms. The Morgan fingerprint density at radius 1 is 1.44 bits per heavy atom. The van der Waals surface area contributed by atoms with Gasteiger partial charge in [-0.1, -0.05) is 0 Å². The second-order valence-corrected chi connectivity index (χ2v) is 6.45. The summed E-state index contributed by atoms with van der Waals surface area (Å²) in [6.45, 7) is 5.18. The van der Waals surface area contributed by atoms with Gasteiger partial charge in [0, 0.05) is 23.9 Å². The van der Waals surface area contributed by atoms with E-state index in [1.165, 1.54) is 34.8 Å². The number of hydrogen-bond donors (Lipinski definition) is 1. The van der Waals surface area contributed by atoms with Gasteiger partial charge in [0.25, 0.3) is 0 Å². The number of likely N-dealkylation sites (N-methyl/N-ethyl adjacent to an activating group) is 1. The lowest BCUT2D eigenvalue weighted by atomic mass is 10.0. The van der Waals surface area contributed by atoms with Gasteiger partial charge in [0.2, 0.25) is 0 Å². The van der Waals surface area contributed by atoms with E-state index in [1.54, 1.807) is 0 Å². The molecule has 1 saturated heterocycles. The Bertz CT molecular complexity index is 352. The molecule has 18 heavy (non-hydrogen) atoms. The van der Waals surface area contributed by atoms with Gasteiger partial charge in [-0.2, -0.15) is 0 Å². The van der Waals surface area contributed by atoms with E-state index in [0.717, 1.165) is 19.4 Å². The molecule has 0 aromatic carbocycles. The highest BCUT2D eigenvalue weighted by Crippen LogP contribution is 2.21. The van der Waals surface area contributed by atoms with Crippen LogP contribution < -0.4 is 5.32 Å². The molecule has 2 unspecified atom stereocenters. The molecule has 0 spiro atoms. The summed E-state index contributed by atoms with van der Waals surface area (Å²) in [6, 6.07) is 0.484. The van der Waals surface area contributed by atoms with E-state index >= 15 is 0 Å². The van der Waals surface area contributed by atoms with E-state index < -0.39 is 0 Å². The smallest absolute Gasteiger partial charge is 0.0946 e. The van der Waals surface area contributed by atoms with E-state index in [4.69, 9.17) is 4.74 Å². The maximum atomic E-state index is 5.82. The molecule has 1 fully saturated rings. The molecule has 3 nitrogen and oxygen atoms in total. The third-order valence-electron chi connectivity index (χ3n) is 3.72. The number of hydrogen-bond acceptors (Lipinski definition) is 4. The van der Waals surface area contributed by atoms with E-state index in [1.807, 2.05) is 18.4 Å². The quantitative estimate of drug-likeness (QED) is 0.891. The van der Waals surface area contributed by atoms with Crippen LogP contribution in [-0.2, 0) is 11.2 Å². The van der Waals surface area contributed by atoms with Crippen molar-refractivity contribution in [3.8, 4) is 0 Å². The molecule has 0 radical (unpaired) electrons. The second kappa shape index (κ2) is 6.64. The highest BCUT2D eigenvalue weighted by molar-refractivity contribution is 7.11. The van der Waals surface area contributed by atoms with Crippen molar-refractivity contribution in [2.75, 3.05) is 13.7 Å². The van der Waals surface area contributed by atoms with Gasteiger partial charge in [-0.25, -0.2) is 4.98 Å². The summed E-state index contributed by atoms with van der Waals surface area (Å²) < 4.78 is 5.82. The zero-order chi connectivity index (χ0) is 13.0. The molecule has 1 aromatic rings. The predicted molar refractivity (Wildman–Crippen MR) is 76.3 cm³/mol. The Hall–Kier alpha value is -0.450. The van der Waals surface area contributed by atoms with Crippen molar-refractivity contribution in [3.63, 3.8) is 0 Å². The summed E-state index contributed by atoms with van der Waals surface area (Å²) in [6.07, 6.45) is 6.33. The summed E-state index contributed by atoms with van der Waals surface area (Å²) in [7, 11) is 2.04. The molecular weight excluding hydrogens is 244 g/mol. The van der Waals surface area contributed by atoms with Gasteiger partial charge < -0.3 is 10.1 Å². The summed E-state index contributed by atoms with van der Waals surface area (Å²) >= 11 is 1.83. The molecule has 1 aliphatic rings. The van der Waals surface area contributed by atoms with E-state index in [9.17, 15) is 0 Å². The van der Waals surface area contributed by atoms with Crippen molar-refractivity contribution in [2.24, 2.45) is 0 Å². The van der Waals surface area contributed by atoms with Gasteiger partial charge in [0.05, 0.1) is 16.8 Å². The average Bonchev–Trinajstić information content (AvgIpc) is 2.69. The Labute approximate surface area is 114 Å². The van der Waals surface area contributed by atoms with Gasteiger partial charge in [-0.3, -0.25) is 0 Å². The van der Waals surface area contributed by atoms with Crippen molar-refractivity contribution in [3.05, 3.63) is 15.6 Å². The molecule has 0 aliphatic carbocycles. The molecule has 1 aromatic heterocycles. The number of rotatable bonds is 5. The monoisotopic (exact) mass is 268 g/mol. The highest BCUT2D eigenvalue weighted by atomic mass is 32.1. The fourth-order valence-corrected chi connectivity index (χ4v) is 3.47. The van der Waals surface area contributed by atoms with Crippen LogP contribution in [0.2, 0.25) is 0 Å². The van der Waals surface area contributed by atoms with Crippen LogP contribution in [0.3, 0.4) is 0 Å². The van der Waals surface area contributed by atoms with Crippen LogP contribution in [0.4, 0.5) is 0 Å². The highest BCUT2D eigenvalue weighted by Gasteiger charge is 2.20. The van der Waals surface area contributed by atoms with Crippen molar-refractivity contribution in [1.29, 1.82) is 0 Å². The first-order valence-electron chi connectivity index (χ1n) is 6.91. The Balaban J connectivity index is 1.88. The maximum Gasteiger partial charge on any atom is 0.0946 e. The largest absolute Gasteiger partial charge is 0.378 e. The summed E-state index contributed by atoms with van der Waals surface area (Å²) in [5.74, 6) is 0. The van der Waals surface area contributed by atoms with Gasteiger partial charge in [-0.05, 0) is 46.6 Å². The number of aromatic nitrogens is 1. The average molecular weight is 268 g/mol. The number of nitrogens with zero attached hydrogens (tertiary/aromatic N) is 1. The van der Waals surface area contributed by atoms with E-state index in [2.05, 4.69) is 24.1 Å². The van der Waals surface area contributed by atoms with Crippen LogP contribution in [0.15, 0.2) is 0 Å². The lowest BCUT2D eigenvalue weighted by Gasteiger charge is -2.26. The first-order valence-corrected chi connectivity index (χ1v) is 7.72. The van der Waals surface area contributed by atoms with Crippen LogP contribution in [0.25, 0.3) is 0 Å². The Morgan fingerprint density at radius 3 is 2.83 bits per heavy atom. The number of ether oxygens (including phenoxy) is 1. The topological polar surface area (TPSA) is 34.2 Å². The van der Waals surface area contributed by atoms with Crippen molar-refractivity contribution >= 4 is 11.3 Å². The first kappa shape index (κ1) is 14.0. The standard InChI is InChI=1S/C14H24N2OS/c1-10-11(2)18-14(16-10)9-12(15-3)8-13-6-4-5-7-17-13/h12-13,15H,4-9H2,1-3H3. The fraction of sp³-hybridized carbons (Fsp3) is 0.786. The van der Waals surface area contributed by atoms with Gasteiger partial charge in [0.15, 0.2) is 0 Å². The Morgan fingerprint density at radius 2 is 2.28 bits per heavy atom. The van der Waals surface area contributed by atoms with Crippen LogP contribution in [-0.4, -0.2) is 30.8 Å². The summed E-state index contributed by atoms with van der Waals surface area (Å²) in [5.41, 5.74) is 1.18. The van der Waals surface area contributed by atoms with Gasteiger partial charge in [-0.15, -0.1) is 11.3 Å². The molecule has 0 amide bonds. The lowest BCUT2D eigenvalue weighted by molar-refractivity contribution is 0.00568. The maximum absolute atomic E-state index is 5.82. The SMILES string of the molecule is CNC(Cc1nc(C)c(C)s1)CC1CCCCO1. The summed E-state index contributed by atoms with van der Waals surface area (Å²) in [5, 5.41) is 4.66. The molecule has 102 valence electrons. The zero-order valence-electron chi connectivity index (χ0n) is 11.7. The fourth-order valence-electron chi connectivity index (χ4n) is 2.45.